The Morgan fingerprint density at radius 1 is 1.70 bits per heavy atom. The van der Waals surface area contributed by atoms with E-state index in [-0.39, 0.29) is 4.47 Å². The molecule has 0 aliphatic rings. The van der Waals surface area contributed by atoms with Gasteiger partial charge < -0.3 is 0 Å². The predicted molar refractivity (Wildman–Crippen MR) is 36.0 cm³/mol. The van der Waals surface area contributed by atoms with Crippen molar-refractivity contribution in [2.45, 2.75) is 5.38 Å². The van der Waals surface area contributed by atoms with Crippen LogP contribution in [0.4, 0.5) is 8.78 Å². The molecule has 2 nitrogen and oxygen atoms in total. The Labute approximate surface area is 68.7 Å². The third-order valence-electron chi connectivity index (χ3n) is 0.877. The molecule has 1 rings (SSSR count). The maximum atomic E-state index is 12.2. The van der Waals surface area contributed by atoms with Crippen LogP contribution in [0, 0.1) is 0 Å². The van der Waals surface area contributed by atoms with Crippen molar-refractivity contribution in [2.24, 2.45) is 0 Å². The molecule has 1 aromatic rings. The van der Waals surface area contributed by atoms with E-state index in [0.717, 1.165) is 0 Å². The first-order chi connectivity index (χ1) is 4.52. The van der Waals surface area contributed by atoms with Gasteiger partial charge in [-0.15, -0.1) is 0 Å². The molecule has 0 amide bonds. The lowest BCUT2D eigenvalue weighted by molar-refractivity contribution is 0.0891. The lowest BCUT2D eigenvalue weighted by atomic mass is 10.4. The summed E-state index contributed by atoms with van der Waals surface area (Å²) in [5.74, 6) is 0. The van der Waals surface area contributed by atoms with E-state index in [9.17, 15) is 8.78 Å². The van der Waals surface area contributed by atoms with Gasteiger partial charge in [0.05, 0.1) is 10.7 Å². The molecule has 6 heteroatoms. The van der Waals surface area contributed by atoms with E-state index in [1.807, 2.05) is 0 Å². The lowest BCUT2D eigenvalue weighted by Gasteiger charge is -2.03. The van der Waals surface area contributed by atoms with Crippen LogP contribution in [0.5, 0.6) is 0 Å². The van der Waals surface area contributed by atoms with Crippen LogP contribution in [0.2, 0.25) is 0 Å². The Balaban J connectivity index is 3.05. The van der Waals surface area contributed by atoms with Crippen LogP contribution < -0.4 is 0 Å². The highest BCUT2D eigenvalue weighted by atomic mass is 79.9. The molecular weight excluding hydrogens is 229 g/mol. The van der Waals surface area contributed by atoms with Gasteiger partial charge in [-0.3, -0.25) is 5.10 Å². The maximum Gasteiger partial charge on any atom is 0.365 e. The quantitative estimate of drug-likeness (QED) is 0.739. The standard InChI is InChI=1S/C4H2BrClF2N2/c5-2-1-9-10-3(2)4(6,7)8/h1H,(H,9,10). The summed E-state index contributed by atoms with van der Waals surface area (Å²) in [5.41, 5.74) is -0.422. The summed E-state index contributed by atoms with van der Waals surface area (Å²) in [6.45, 7) is 0. The number of nitrogens with one attached hydrogen (secondary N) is 1. The summed E-state index contributed by atoms with van der Waals surface area (Å²) in [5, 5.41) is 2.04. The third-order valence-corrected chi connectivity index (χ3v) is 1.67. The van der Waals surface area contributed by atoms with Crippen LogP contribution >= 0.6 is 27.5 Å². The molecule has 0 fully saturated rings. The Hall–Kier alpha value is -0.160. The number of alkyl halides is 3. The summed E-state index contributed by atoms with van der Waals surface area (Å²) in [7, 11) is 0. The second-order valence-corrected chi connectivity index (χ2v) is 2.92. The first-order valence-electron chi connectivity index (χ1n) is 2.28. The molecule has 0 aliphatic carbocycles. The minimum atomic E-state index is -3.38. The van der Waals surface area contributed by atoms with Crippen molar-refractivity contribution in [3.63, 3.8) is 0 Å². The first-order valence-corrected chi connectivity index (χ1v) is 3.45. The maximum absolute atomic E-state index is 12.2. The Kier molecular flexibility index (Phi) is 1.96. The van der Waals surface area contributed by atoms with E-state index in [1.165, 1.54) is 6.20 Å². The van der Waals surface area contributed by atoms with Gasteiger partial charge in [0, 0.05) is 0 Å². The number of nitrogens with zero attached hydrogens (tertiary/aromatic N) is 1. The molecule has 0 aromatic carbocycles. The molecule has 0 aliphatic heterocycles. The van der Waals surface area contributed by atoms with Gasteiger partial charge in [-0.1, -0.05) is 0 Å². The molecule has 0 saturated carbocycles. The molecule has 1 aromatic heterocycles. The summed E-state index contributed by atoms with van der Waals surface area (Å²) < 4.78 is 24.6. The number of aromatic amines is 1. The van der Waals surface area contributed by atoms with E-state index in [2.05, 4.69) is 37.7 Å². The third kappa shape index (κ3) is 1.46. The molecule has 0 saturated heterocycles. The normalized spacial score (nSPS) is 12.0. The summed E-state index contributed by atoms with van der Waals surface area (Å²) in [6, 6.07) is 0. The van der Waals surface area contributed by atoms with Gasteiger partial charge in [-0.2, -0.15) is 13.9 Å². The predicted octanol–water partition coefficient (Wildman–Crippen LogP) is 2.46. The number of H-pyrrole nitrogens is 1. The van der Waals surface area contributed by atoms with Crippen LogP contribution in [-0.2, 0) is 5.38 Å². The molecule has 1 N–H and O–H groups in total. The lowest BCUT2D eigenvalue weighted by Crippen LogP contribution is -2.04. The summed E-state index contributed by atoms with van der Waals surface area (Å²) in [6.07, 6.45) is 1.21. The highest BCUT2D eigenvalue weighted by Gasteiger charge is 2.32. The number of hydrogen-bond donors (Lipinski definition) is 1. The zero-order chi connectivity index (χ0) is 7.78. The molecule has 0 bridgehead atoms. The van der Waals surface area contributed by atoms with Crippen molar-refractivity contribution in [2.75, 3.05) is 0 Å². The molecule has 1 heterocycles. The minimum absolute atomic E-state index is 0.174. The van der Waals surface area contributed by atoms with Gasteiger partial charge in [-0.05, 0) is 27.5 Å². The monoisotopic (exact) mass is 230 g/mol. The second kappa shape index (κ2) is 2.47. The molecule has 0 atom stereocenters. The van der Waals surface area contributed by atoms with Gasteiger partial charge in [0.1, 0.15) is 5.69 Å². The fourth-order valence-corrected chi connectivity index (χ4v) is 1.17. The van der Waals surface area contributed by atoms with Crippen LogP contribution in [0.3, 0.4) is 0 Å². The average molecular weight is 231 g/mol. The van der Waals surface area contributed by atoms with Crippen molar-refractivity contribution in [1.29, 1.82) is 0 Å². The largest absolute Gasteiger partial charge is 0.365 e. The first kappa shape index (κ1) is 7.94. The van der Waals surface area contributed by atoms with Crippen molar-refractivity contribution in [1.82, 2.24) is 10.2 Å². The highest BCUT2D eigenvalue weighted by molar-refractivity contribution is 9.10. The minimum Gasteiger partial charge on any atom is -0.274 e. The smallest absolute Gasteiger partial charge is 0.274 e. The van der Waals surface area contributed by atoms with Crippen LogP contribution in [-0.4, -0.2) is 10.2 Å². The number of hydrogen-bond acceptors (Lipinski definition) is 1. The second-order valence-electron chi connectivity index (χ2n) is 1.59. The SMILES string of the molecule is FC(F)(Cl)c1[nH]ncc1Br. The number of halogens is 4. The summed E-state index contributed by atoms with van der Waals surface area (Å²) in [4.78, 5) is 0. The van der Waals surface area contributed by atoms with Crippen LogP contribution in [0.15, 0.2) is 10.7 Å². The van der Waals surface area contributed by atoms with Crippen LogP contribution in [0.25, 0.3) is 0 Å². The zero-order valence-electron chi connectivity index (χ0n) is 4.54. The summed E-state index contributed by atoms with van der Waals surface area (Å²) >= 11 is 7.51. The highest BCUT2D eigenvalue weighted by Crippen LogP contribution is 2.34. The molecular formula is C4H2BrClF2N2. The average Bonchev–Trinajstić information content (AvgIpc) is 2.11. The molecule has 0 radical (unpaired) electrons. The fourth-order valence-electron chi connectivity index (χ4n) is 0.470. The van der Waals surface area contributed by atoms with Crippen molar-refractivity contribution in [3.8, 4) is 0 Å². The van der Waals surface area contributed by atoms with Gasteiger partial charge >= 0.3 is 5.38 Å². The molecule has 56 valence electrons. The topological polar surface area (TPSA) is 28.7 Å². The van der Waals surface area contributed by atoms with E-state index < -0.39 is 11.1 Å². The Morgan fingerprint density at radius 2 is 2.30 bits per heavy atom. The number of rotatable bonds is 1. The molecule has 0 unspecified atom stereocenters. The Bertz CT molecular complexity index is 231. The molecule has 10 heavy (non-hydrogen) atoms. The van der Waals surface area contributed by atoms with Crippen molar-refractivity contribution >= 4 is 27.5 Å². The molecule has 0 spiro atoms. The van der Waals surface area contributed by atoms with Crippen molar-refractivity contribution < 1.29 is 8.78 Å². The van der Waals surface area contributed by atoms with Crippen molar-refractivity contribution in [3.05, 3.63) is 16.4 Å². The van der Waals surface area contributed by atoms with E-state index in [1.54, 1.807) is 0 Å². The zero-order valence-corrected chi connectivity index (χ0v) is 6.88. The van der Waals surface area contributed by atoms with E-state index >= 15 is 0 Å². The number of aromatic nitrogens is 2. The van der Waals surface area contributed by atoms with Gasteiger partial charge in [0.25, 0.3) is 0 Å². The van der Waals surface area contributed by atoms with Gasteiger partial charge in [-0.25, -0.2) is 0 Å². The van der Waals surface area contributed by atoms with E-state index in [4.69, 9.17) is 0 Å². The Morgan fingerprint density at radius 3 is 2.50 bits per heavy atom. The fraction of sp³-hybridized carbons (Fsp3) is 0.250. The van der Waals surface area contributed by atoms with Gasteiger partial charge in [0.15, 0.2) is 0 Å². The van der Waals surface area contributed by atoms with Gasteiger partial charge in [0.2, 0.25) is 0 Å². The van der Waals surface area contributed by atoms with Crippen LogP contribution in [0.1, 0.15) is 5.69 Å². The van der Waals surface area contributed by atoms with E-state index in [0.29, 0.717) is 0 Å².